The molecule has 1 atom stereocenters. The van der Waals surface area contributed by atoms with E-state index < -0.39 is 12.9 Å². The molecule has 0 saturated carbocycles. The van der Waals surface area contributed by atoms with Gasteiger partial charge in [0.05, 0.1) is 0 Å². The maximum Gasteiger partial charge on any atom is 0.298 e. The van der Waals surface area contributed by atoms with Crippen LogP contribution in [0.2, 0.25) is 0 Å². The van der Waals surface area contributed by atoms with Crippen LogP contribution in [0.15, 0.2) is 36.4 Å². The van der Waals surface area contributed by atoms with E-state index >= 15 is 0 Å². The number of aryl methyl sites for hydroxylation is 1. The Morgan fingerprint density at radius 2 is 1.64 bits per heavy atom. The van der Waals surface area contributed by atoms with Crippen LogP contribution in [0.5, 0.6) is 0 Å². The van der Waals surface area contributed by atoms with Crippen molar-refractivity contribution >= 4 is 18.2 Å². The molecular weight excluding hydrogens is 295 g/mol. The first-order chi connectivity index (χ1) is 10.3. The number of carbonyl (C=O) groups excluding carboxylic acids is 1. The van der Waals surface area contributed by atoms with Gasteiger partial charge in [-0.3, -0.25) is 9.36 Å². The average Bonchev–Trinajstić information content (AvgIpc) is 2.53. The van der Waals surface area contributed by atoms with Gasteiger partial charge in [-0.1, -0.05) is 25.1 Å². The van der Waals surface area contributed by atoms with Crippen LogP contribution in [0.4, 0.5) is 0 Å². The lowest BCUT2D eigenvalue weighted by Gasteiger charge is -2.17. The van der Waals surface area contributed by atoms with Crippen molar-refractivity contribution < 1.29 is 14.3 Å². The monoisotopic (exact) mass is 316 g/mol. The van der Waals surface area contributed by atoms with Gasteiger partial charge in [-0.05, 0) is 67.6 Å². The van der Waals surface area contributed by atoms with Crippen molar-refractivity contribution in [2.75, 3.05) is 0 Å². The van der Waals surface area contributed by atoms with Crippen LogP contribution < -0.4 is 5.30 Å². The first kappa shape index (κ1) is 16.7. The van der Waals surface area contributed by atoms with Gasteiger partial charge in [-0.2, -0.15) is 0 Å². The molecular formula is C18H21O3P. The van der Waals surface area contributed by atoms with Crippen molar-refractivity contribution in [1.82, 2.24) is 0 Å². The lowest BCUT2D eigenvalue weighted by atomic mass is 9.93. The molecule has 22 heavy (non-hydrogen) atoms. The number of carbonyl (C=O) groups is 1. The first-order valence-corrected chi connectivity index (χ1v) is 8.99. The summed E-state index contributed by atoms with van der Waals surface area (Å²) < 4.78 is 12.7. The van der Waals surface area contributed by atoms with Gasteiger partial charge in [0.15, 0.2) is 0 Å². The minimum Gasteiger partial charge on any atom is -0.336 e. The second kappa shape index (κ2) is 6.20. The summed E-state index contributed by atoms with van der Waals surface area (Å²) in [5, 5.41) is 0.177. The van der Waals surface area contributed by atoms with Crippen LogP contribution in [0.25, 0.3) is 0 Å². The number of hydrogen-bond donors (Lipinski definition) is 1. The van der Waals surface area contributed by atoms with Crippen LogP contribution in [0.1, 0.15) is 39.5 Å². The average molecular weight is 316 g/mol. The van der Waals surface area contributed by atoms with Gasteiger partial charge in [0.1, 0.15) is 0 Å². The standard InChI is InChI=1S/C18H21O3P/c1-5-15-11-17(14(4)12(2)13(15)3)18(19)22(20,21)16-9-7-6-8-10-16/h6-11H,5H2,1-4H3,(H,20,21). The lowest BCUT2D eigenvalue weighted by molar-refractivity contribution is 0.106. The fourth-order valence-electron chi connectivity index (χ4n) is 2.61. The molecule has 0 spiro atoms. The second-order valence-electron chi connectivity index (χ2n) is 5.53. The largest absolute Gasteiger partial charge is 0.336 e. The van der Waals surface area contributed by atoms with E-state index in [0.29, 0.717) is 5.56 Å². The molecule has 0 fully saturated rings. The van der Waals surface area contributed by atoms with E-state index in [0.717, 1.165) is 28.7 Å². The van der Waals surface area contributed by atoms with E-state index in [-0.39, 0.29) is 5.30 Å². The maximum absolute atomic E-state index is 12.7. The molecule has 116 valence electrons. The Labute approximate surface area is 131 Å². The molecule has 2 aromatic rings. The highest BCUT2D eigenvalue weighted by Gasteiger charge is 2.33. The van der Waals surface area contributed by atoms with E-state index in [1.165, 1.54) is 12.1 Å². The molecule has 2 aromatic carbocycles. The van der Waals surface area contributed by atoms with E-state index in [4.69, 9.17) is 0 Å². The van der Waals surface area contributed by atoms with E-state index in [2.05, 4.69) is 0 Å². The van der Waals surface area contributed by atoms with Gasteiger partial charge in [-0.25, -0.2) is 0 Å². The predicted molar refractivity (Wildman–Crippen MR) is 90.3 cm³/mol. The fourth-order valence-corrected chi connectivity index (χ4v) is 3.98. The van der Waals surface area contributed by atoms with Crippen LogP contribution in [0, 0.1) is 20.8 Å². The number of benzene rings is 2. The highest BCUT2D eigenvalue weighted by molar-refractivity contribution is 7.82. The predicted octanol–water partition coefficient (Wildman–Crippen LogP) is 3.91. The summed E-state index contributed by atoms with van der Waals surface area (Å²) in [6.07, 6.45) is 0.786. The molecule has 1 unspecified atom stereocenters. The third kappa shape index (κ3) is 2.79. The first-order valence-electron chi connectivity index (χ1n) is 7.33. The molecule has 0 heterocycles. The van der Waals surface area contributed by atoms with Crippen molar-refractivity contribution in [3.63, 3.8) is 0 Å². The molecule has 0 saturated heterocycles. The maximum atomic E-state index is 12.7. The summed E-state index contributed by atoms with van der Waals surface area (Å²) in [4.78, 5) is 23.1. The van der Waals surface area contributed by atoms with Crippen molar-refractivity contribution in [2.24, 2.45) is 0 Å². The van der Waals surface area contributed by atoms with Crippen molar-refractivity contribution in [3.8, 4) is 0 Å². The van der Waals surface area contributed by atoms with Crippen molar-refractivity contribution in [1.29, 1.82) is 0 Å². The van der Waals surface area contributed by atoms with Crippen LogP contribution in [-0.4, -0.2) is 10.4 Å². The van der Waals surface area contributed by atoms with Gasteiger partial charge in [0.25, 0.3) is 12.9 Å². The van der Waals surface area contributed by atoms with Gasteiger partial charge >= 0.3 is 0 Å². The second-order valence-corrected chi connectivity index (χ2v) is 7.60. The highest BCUT2D eigenvalue weighted by atomic mass is 31.2. The zero-order valence-corrected chi connectivity index (χ0v) is 14.3. The zero-order valence-electron chi connectivity index (χ0n) is 13.4. The molecule has 0 aliphatic heterocycles. The number of hydrogen-bond acceptors (Lipinski definition) is 2. The molecule has 0 radical (unpaired) electrons. The smallest absolute Gasteiger partial charge is 0.298 e. The minimum atomic E-state index is -4.09. The van der Waals surface area contributed by atoms with Gasteiger partial charge in [0.2, 0.25) is 0 Å². The summed E-state index contributed by atoms with van der Waals surface area (Å²) >= 11 is 0. The van der Waals surface area contributed by atoms with Crippen LogP contribution >= 0.6 is 7.37 Å². The topological polar surface area (TPSA) is 54.4 Å². The summed E-state index contributed by atoms with van der Waals surface area (Å²) in [6, 6.07) is 9.90. The molecule has 1 N–H and O–H groups in total. The van der Waals surface area contributed by atoms with Gasteiger partial charge in [-0.15, -0.1) is 0 Å². The third-order valence-corrected chi connectivity index (χ3v) is 6.11. The molecule has 0 aliphatic carbocycles. The lowest BCUT2D eigenvalue weighted by Crippen LogP contribution is -2.14. The highest BCUT2D eigenvalue weighted by Crippen LogP contribution is 2.44. The number of rotatable bonds is 4. The third-order valence-electron chi connectivity index (χ3n) is 4.32. The van der Waals surface area contributed by atoms with Crippen LogP contribution in [0.3, 0.4) is 0 Å². The van der Waals surface area contributed by atoms with Gasteiger partial charge in [0, 0.05) is 10.9 Å². The van der Waals surface area contributed by atoms with Crippen molar-refractivity contribution in [2.45, 2.75) is 34.1 Å². The Morgan fingerprint density at radius 3 is 2.18 bits per heavy atom. The van der Waals surface area contributed by atoms with Gasteiger partial charge < -0.3 is 4.89 Å². The SMILES string of the molecule is CCc1cc(C(=O)P(=O)(O)c2ccccc2)c(C)c(C)c1C. The van der Waals surface area contributed by atoms with E-state index in [1.54, 1.807) is 24.3 Å². The Balaban J connectivity index is 2.60. The molecule has 3 nitrogen and oxygen atoms in total. The summed E-state index contributed by atoms with van der Waals surface area (Å²) in [5.41, 5.74) is 3.65. The van der Waals surface area contributed by atoms with E-state index in [9.17, 15) is 14.3 Å². The van der Waals surface area contributed by atoms with E-state index in [1.807, 2.05) is 27.7 Å². The molecule has 2 rings (SSSR count). The Bertz CT molecular complexity index is 764. The molecule has 0 amide bonds. The summed E-state index contributed by atoms with van der Waals surface area (Å²) in [7, 11) is -4.09. The van der Waals surface area contributed by atoms with Crippen molar-refractivity contribution in [3.05, 3.63) is 64.2 Å². The molecule has 0 aromatic heterocycles. The zero-order chi connectivity index (χ0) is 16.5. The Morgan fingerprint density at radius 1 is 1.05 bits per heavy atom. The summed E-state index contributed by atoms with van der Waals surface area (Å²) in [5.74, 6) is 0. The molecule has 0 bridgehead atoms. The molecule has 4 heteroatoms. The quantitative estimate of drug-likeness (QED) is 0.870. The minimum absolute atomic E-state index is 0.177. The van der Waals surface area contributed by atoms with Crippen LogP contribution in [-0.2, 0) is 11.0 Å². The fraction of sp³-hybridized carbons (Fsp3) is 0.278. The summed E-state index contributed by atoms with van der Waals surface area (Å²) in [6.45, 7) is 7.82. The normalized spacial score (nSPS) is 13.7. The molecule has 0 aliphatic rings. The Hall–Kier alpha value is -1.70. The Kier molecular flexibility index (Phi) is 4.69.